The molecule has 2 rings (SSSR count). The maximum Gasteiger partial charge on any atom is 0.130 e. The quantitative estimate of drug-likeness (QED) is 0.829. The van der Waals surface area contributed by atoms with Crippen molar-refractivity contribution in [2.24, 2.45) is 12.8 Å². The summed E-state index contributed by atoms with van der Waals surface area (Å²) < 4.78 is 2.01. The fourth-order valence-electron chi connectivity index (χ4n) is 2.67. The Morgan fingerprint density at radius 2 is 2.00 bits per heavy atom. The Hall–Kier alpha value is -1.03. The van der Waals surface area contributed by atoms with E-state index in [4.69, 9.17) is 5.73 Å². The molecule has 1 unspecified atom stereocenters. The summed E-state index contributed by atoms with van der Waals surface area (Å²) in [5.74, 6) is 1.27. The molecule has 0 aromatic carbocycles. The van der Waals surface area contributed by atoms with Gasteiger partial charge in [-0.2, -0.15) is 5.10 Å². The van der Waals surface area contributed by atoms with E-state index in [1.165, 1.54) is 17.8 Å². The summed E-state index contributed by atoms with van der Waals surface area (Å²) in [7, 11) is 2.04. The first kappa shape index (κ1) is 13.4. The van der Waals surface area contributed by atoms with Crippen LogP contribution >= 0.6 is 0 Å². The Balaban J connectivity index is 2.29. The molecule has 1 aromatic heterocycles. The lowest BCUT2D eigenvalue weighted by Crippen LogP contribution is -2.30. The van der Waals surface area contributed by atoms with Gasteiger partial charge in [-0.3, -0.25) is 4.68 Å². The van der Waals surface area contributed by atoms with Crippen LogP contribution in [-0.4, -0.2) is 28.9 Å². The largest absolute Gasteiger partial charge is 0.357 e. The first-order chi connectivity index (χ1) is 8.39. The highest BCUT2D eigenvalue weighted by atomic mass is 15.4. The second kappa shape index (κ2) is 4.92. The fourth-order valence-corrected chi connectivity index (χ4v) is 2.67. The van der Waals surface area contributed by atoms with E-state index in [2.05, 4.69) is 30.8 Å². The van der Waals surface area contributed by atoms with Crippen molar-refractivity contribution in [3.8, 4) is 0 Å². The van der Waals surface area contributed by atoms with E-state index >= 15 is 0 Å². The molecule has 0 bridgehead atoms. The predicted molar refractivity (Wildman–Crippen MR) is 75.9 cm³/mol. The molecular formula is C14H26N4. The van der Waals surface area contributed by atoms with Crippen LogP contribution in [0.4, 0.5) is 5.82 Å². The third-order valence-corrected chi connectivity index (χ3v) is 3.79. The van der Waals surface area contributed by atoms with Gasteiger partial charge in [0.1, 0.15) is 5.82 Å². The van der Waals surface area contributed by atoms with Gasteiger partial charge in [0.15, 0.2) is 0 Å². The first-order valence-corrected chi connectivity index (χ1v) is 6.92. The molecule has 0 amide bonds. The van der Waals surface area contributed by atoms with E-state index < -0.39 is 0 Å². The van der Waals surface area contributed by atoms with Crippen LogP contribution in [0.2, 0.25) is 0 Å². The Kier molecular flexibility index (Phi) is 3.66. The molecule has 102 valence electrons. The molecule has 4 nitrogen and oxygen atoms in total. The number of nitrogens with two attached hydrogens (primary N) is 1. The van der Waals surface area contributed by atoms with Crippen LogP contribution in [0.15, 0.2) is 6.20 Å². The van der Waals surface area contributed by atoms with E-state index in [0.29, 0.717) is 6.04 Å². The maximum atomic E-state index is 6.06. The third-order valence-electron chi connectivity index (χ3n) is 3.79. The molecule has 0 saturated carbocycles. The van der Waals surface area contributed by atoms with Crippen LogP contribution in [0.25, 0.3) is 0 Å². The fraction of sp³-hybridized carbons (Fsp3) is 0.786. The Labute approximate surface area is 110 Å². The monoisotopic (exact) mass is 250 g/mol. The molecule has 1 aliphatic heterocycles. The standard InChI is InChI=1S/C14H26N4/c1-14(2,3)12-10-16-17(4)13(12)18-8-5-6-11(15)7-9-18/h10-11H,5-9,15H2,1-4H3. The number of hydrogen-bond donors (Lipinski definition) is 1. The minimum absolute atomic E-state index is 0.137. The van der Waals surface area contributed by atoms with Crippen molar-refractivity contribution in [1.29, 1.82) is 0 Å². The van der Waals surface area contributed by atoms with Crippen LogP contribution in [0.5, 0.6) is 0 Å². The molecule has 1 atom stereocenters. The summed E-state index contributed by atoms with van der Waals surface area (Å²) in [5.41, 5.74) is 7.53. The van der Waals surface area contributed by atoms with Crippen molar-refractivity contribution in [2.75, 3.05) is 18.0 Å². The summed E-state index contributed by atoms with van der Waals surface area (Å²) in [4.78, 5) is 2.46. The van der Waals surface area contributed by atoms with E-state index in [9.17, 15) is 0 Å². The van der Waals surface area contributed by atoms with Crippen LogP contribution < -0.4 is 10.6 Å². The molecule has 0 spiro atoms. The van der Waals surface area contributed by atoms with Gasteiger partial charge in [0.25, 0.3) is 0 Å². The number of aromatic nitrogens is 2. The van der Waals surface area contributed by atoms with Gasteiger partial charge in [-0.1, -0.05) is 20.8 Å². The van der Waals surface area contributed by atoms with Crippen molar-refractivity contribution < 1.29 is 0 Å². The lowest BCUT2D eigenvalue weighted by Gasteiger charge is -2.28. The highest BCUT2D eigenvalue weighted by Crippen LogP contribution is 2.32. The van der Waals surface area contributed by atoms with Gasteiger partial charge in [0, 0.05) is 31.7 Å². The zero-order chi connectivity index (χ0) is 13.3. The Bertz CT molecular complexity index is 402. The van der Waals surface area contributed by atoms with E-state index in [0.717, 1.165) is 25.9 Å². The number of hydrogen-bond acceptors (Lipinski definition) is 3. The van der Waals surface area contributed by atoms with Crippen molar-refractivity contribution in [2.45, 2.75) is 51.5 Å². The van der Waals surface area contributed by atoms with Gasteiger partial charge in [0.05, 0.1) is 6.20 Å². The highest BCUT2D eigenvalue weighted by Gasteiger charge is 2.26. The second-order valence-electron chi connectivity index (χ2n) is 6.43. The zero-order valence-corrected chi connectivity index (χ0v) is 12.1. The van der Waals surface area contributed by atoms with Crippen LogP contribution in [0, 0.1) is 0 Å². The number of anilines is 1. The molecule has 2 heterocycles. The first-order valence-electron chi connectivity index (χ1n) is 6.92. The summed E-state index contributed by atoms with van der Waals surface area (Å²) >= 11 is 0. The summed E-state index contributed by atoms with van der Waals surface area (Å²) in [6, 6.07) is 0.362. The molecule has 4 heteroatoms. The van der Waals surface area contributed by atoms with Crippen molar-refractivity contribution in [3.63, 3.8) is 0 Å². The molecule has 0 aliphatic carbocycles. The molecule has 18 heavy (non-hydrogen) atoms. The topological polar surface area (TPSA) is 47.1 Å². The van der Waals surface area contributed by atoms with Crippen molar-refractivity contribution in [3.05, 3.63) is 11.8 Å². The maximum absolute atomic E-state index is 6.06. The minimum Gasteiger partial charge on any atom is -0.357 e. The minimum atomic E-state index is 0.137. The van der Waals surface area contributed by atoms with Crippen LogP contribution in [0.3, 0.4) is 0 Å². The molecular weight excluding hydrogens is 224 g/mol. The zero-order valence-electron chi connectivity index (χ0n) is 12.1. The normalized spacial score (nSPS) is 22.1. The van der Waals surface area contributed by atoms with Crippen molar-refractivity contribution >= 4 is 5.82 Å². The lowest BCUT2D eigenvalue weighted by atomic mass is 9.88. The summed E-state index contributed by atoms with van der Waals surface area (Å²) in [6.45, 7) is 8.88. The highest BCUT2D eigenvalue weighted by molar-refractivity contribution is 5.50. The predicted octanol–water partition coefficient (Wildman–Crippen LogP) is 2.04. The SMILES string of the molecule is Cn1ncc(C(C)(C)C)c1N1CCCC(N)CC1. The third kappa shape index (κ3) is 2.69. The summed E-state index contributed by atoms with van der Waals surface area (Å²) in [6.07, 6.45) is 5.41. The lowest BCUT2D eigenvalue weighted by molar-refractivity contribution is 0.582. The van der Waals surface area contributed by atoms with Gasteiger partial charge in [-0.15, -0.1) is 0 Å². The van der Waals surface area contributed by atoms with Crippen LogP contribution in [0.1, 0.15) is 45.6 Å². The van der Waals surface area contributed by atoms with Gasteiger partial charge in [-0.05, 0) is 24.7 Å². The van der Waals surface area contributed by atoms with Gasteiger partial charge < -0.3 is 10.6 Å². The van der Waals surface area contributed by atoms with E-state index in [1.807, 2.05) is 17.9 Å². The van der Waals surface area contributed by atoms with Gasteiger partial charge >= 0.3 is 0 Å². The van der Waals surface area contributed by atoms with Gasteiger partial charge in [0.2, 0.25) is 0 Å². The summed E-state index contributed by atoms with van der Waals surface area (Å²) in [5, 5.41) is 4.45. The average Bonchev–Trinajstić information content (AvgIpc) is 2.52. The average molecular weight is 250 g/mol. The number of nitrogens with zero attached hydrogens (tertiary/aromatic N) is 3. The van der Waals surface area contributed by atoms with Crippen LogP contribution in [-0.2, 0) is 12.5 Å². The molecule has 1 aromatic rings. The van der Waals surface area contributed by atoms with E-state index in [-0.39, 0.29) is 5.41 Å². The second-order valence-corrected chi connectivity index (χ2v) is 6.43. The van der Waals surface area contributed by atoms with Gasteiger partial charge in [-0.25, -0.2) is 0 Å². The molecule has 1 fully saturated rings. The molecule has 2 N–H and O–H groups in total. The Morgan fingerprint density at radius 1 is 1.28 bits per heavy atom. The van der Waals surface area contributed by atoms with E-state index in [1.54, 1.807) is 0 Å². The molecule has 1 aliphatic rings. The molecule has 1 saturated heterocycles. The van der Waals surface area contributed by atoms with Crippen molar-refractivity contribution in [1.82, 2.24) is 9.78 Å². The molecule has 0 radical (unpaired) electrons. The smallest absolute Gasteiger partial charge is 0.130 e. The number of rotatable bonds is 1. The Morgan fingerprint density at radius 3 is 2.67 bits per heavy atom. The number of aryl methyl sites for hydroxylation is 1.